The first-order valence-corrected chi connectivity index (χ1v) is 7.58. The lowest BCUT2D eigenvalue weighted by molar-refractivity contribution is 0.417. The Bertz CT molecular complexity index is 583. The van der Waals surface area contributed by atoms with Gasteiger partial charge in [0.05, 0.1) is 11.4 Å². The molecule has 0 saturated heterocycles. The van der Waals surface area contributed by atoms with Gasteiger partial charge in [-0.25, -0.2) is 12.7 Å². The average molecular weight is 280 g/mol. The third-order valence-electron chi connectivity index (χ3n) is 2.52. The normalized spacial score (nSPS) is 11.5. The summed E-state index contributed by atoms with van der Waals surface area (Å²) in [5.74, 6) is 5.76. The lowest BCUT2D eigenvalue weighted by Crippen LogP contribution is -2.30. The Labute approximate surface area is 115 Å². The van der Waals surface area contributed by atoms with Crippen LogP contribution in [0.25, 0.3) is 0 Å². The molecule has 0 aliphatic carbocycles. The van der Waals surface area contributed by atoms with E-state index in [1.165, 1.54) is 4.31 Å². The van der Waals surface area contributed by atoms with Crippen molar-refractivity contribution in [1.82, 2.24) is 4.31 Å². The number of nitrogens with zero attached hydrogens (tertiary/aromatic N) is 1. The van der Waals surface area contributed by atoms with Gasteiger partial charge in [0.15, 0.2) is 0 Å². The van der Waals surface area contributed by atoms with Crippen molar-refractivity contribution in [3.8, 4) is 11.8 Å². The molecule has 5 heteroatoms. The van der Waals surface area contributed by atoms with Crippen LogP contribution < -0.4 is 5.73 Å². The molecule has 104 valence electrons. The highest BCUT2D eigenvalue weighted by atomic mass is 32.2. The minimum atomic E-state index is -3.51. The molecule has 0 fully saturated rings. The van der Waals surface area contributed by atoms with Crippen molar-refractivity contribution in [2.45, 2.75) is 18.7 Å². The van der Waals surface area contributed by atoms with Crippen molar-refractivity contribution >= 4 is 10.0 Å². The molecule has 0 atom stereocenters. The summed E-state index contributed by atoms with van der Waals surface area (Å²) in [4.78, 5) is 0.235. The summed E-state index contributed by atoms with van der Waals surface area (Å²) in [6.07, 6.45) is 0. The van der Waals surface area contributed by atoms with Gasteiger partial charge >= 0.3 is 0 Å². The highest BCUT2D eigenvalue weighted by Crippen LogP contribution is 2.19. The average Bonchev–Trinajstić information content (AvgIpc) is 2.35. The molecule has 0 saturated carbocycles. The molecule has 0 radical (unpaired) electrons. The fraction of sp³-hybridized carbons (Fsp3) is 0.429. The minimum absolute atomic E-state index is 0.205. The Morgan fingerprint density at radius 1 is 1.32 bits per heavy atom. The van der Waals surface area contributed by atoms with Gasteiger partial charge in [0.1, 0.15) is 0 Å². The first-order chi connectivity index (χ1) is 8.89. The number of benzene rings is 1. The highest BCUT2D eigenvalue weighted by molar-refractivity contribution is 7.89. The van der Waals surface area contributed by atoms with Crippen LogP contribution in [-0.4, -0.2) is 32.9 Å². The molecule has 0 spiro atoms. The predicted molar refractivity (Wildman–Crippen MR) is 77.0 cm³/mol. The minimum Gasteiger partial charge on any atom is -0.320 e. The SMILES string of the molecule is CC(C)CN(C)S(=O)(=O)c1ccccc1C#CCN. The van der Waals surface area contributed by atoms with Crippen LogP contribution in [0, 0.1) is 17.8 Å². The fourth-order valence-electron chi connectivity index (χ4n) is 1.72. The summed E-state index contributed by atoms with van der Waals surface area (Å²) >= 11 is 0. The van der Waals surface area contributed by atoms with Gasteiger partial charge in [0.2, 0.25) is 10.0 Å². The topological polar surface area (TPSA) is 63.4 Å². The number of nitrogens with two attached hydrogens (primary N) is 1. The van der Waals surface area contributed by atoms with E-state index in [1.54, 1.807) is 31.3 Å². The van der Waals surface area contributed by atoms with E-state index in [0.29, 0.717) is 12.1 Å². The summed E-state index contributed by atoms with van der Waals surface area (Å²) in [5, 5.41) is 0. The first kappa shape index (κ1) is 15.7. The van der Waals surface area contributed by atoms with E-state index in [2.05, 4.69) is 11.8 Å². The number of hydrogen-bond donors (Lipinski definition) is 1. The summed E-state index contributed by atoms with van der Waals surface area (Å²) in [5.41, 5.74) is 5.82. The van der Waals surface area contributed by atoms with Gasteiger partial charge in [-0.05, 0) is 18.1 Å². The van der Waals surface area contributed by atoms with Crippen molar-refractivity contribution in [2.75, 3.05) is 20.1 Å². The molecule has 2 N–H and O–H groups in total. The molecule has 0 heterocycles. The van der Waals surface area contributed by atoms with E-state index in [9.17, 15) is 8.42 Å². The van der Waals surface area contributed by atoms with Crippen LogP contribution >= 0.6 is 0 Å². The maximum atomic E-state index is 12.5. The van der Waals surface area contributed by atoms with Gasteiger partial charge in [-0.1, -0.05) is 37.8 Å². The number of sulfonamides is 1. The van der Waals surface area contributed by atoms with E-state index in [1.807, 2.05) is 13.8 Å². The Balaban J connectivity index is 3.21. The molecule has 0 amide bonds. The van der Waals surface area contributed by atoms with Crippen LogP contribution in [0.4, 0.5) is 0 Å². The van der Waals surface area contributed by atoms with Crippen LogP contribution in [0.3, 0.4) is 0 Å². The molecule has 4 nitrogen and oxygen atoms in total. The number of rotatable bonds is 4. The van der Waals surface area contributed by atoms with Crippen molar-refractivity contribution in [3.05, 3.63) is 29.8 Å². The van der Waals surface area contributed by atoms with Gasteiger partial charge in [0, 0.05) is 19.2 Å². The highest BCUT2D eigenvalue weighted by Gasteiger charge is 2.23. The molecular formula is C14H20N2O2S. The van der Waals surface area contributed by atoms with Gasteiger partial charge in [-0.2, -0.15) is 0 Å². The second-order valence-electron chi connectivity index (χ2n) is 4.68. The third kappa shape index (κ3) is 4.06. The molecule has 0 aliphatic heterocycles. The predicted octanol–water partition coefficient (Wildman–Crippen LogP) is 1.27. The Kier molecular flexibility index (Phi) is 5.55. The molecule has 1 aromatic carbocycles. The van der Waals surface area contributed by atoms with Crippen molar-refractivity contribution < 1.29 is 8.42 Å². The van der Waals surface area contributed by atoms with Gasteiger partial charge < -0.3 is 5.73 Å². The van der Waals surface area contributed by atoms with Crippen LogP contribution in [0.5, 0.6) is 0 Å². The molecule has 1 rings (SSSR count). The Morgan fingerprint density at radius 3 is 2.53 bits per heavy atom. The molecule has 1 aromatic rings. The van der Waals surface area contributed by atoms with Crippen molar-refractivity contribution in [1.29, 1.82) is 0 Å². The number of hydrogen-bond acceptors (Lipinski definition) is 3. The van der Waals surface area contributed by atoms with E-state index in [4.69, 9.17) is 5.73 Å². The second-order valence-corrected chi connectivity index (χ2v) is 6.69. The van der Waals surface area contributed by atoms with Crippen LogP contribution in [0.15, 0.2) is 29.2 Å². The first-order valence-electron chi connectivity index (χ1n) is 6.14. The lowest BCUT2D eigenvalue weighted by Gasteiger charge is -2.19. The zero-order chi connectivity index (χ0) is 14.5. The molecule has 0 unspecified atom stereocenters. The summed E-state index contributed by atoms with van der Waals surface area (Å²) in [6.45, 7) is 4.63. The Hall–Kier alpha value is -1.35. The standard InChI is InChI=1S/C14H20N2O2S/c1-12(2)11-16(3)19(17,18)14-9-5-4-7-13(14)8-6-10-15/h4-5,7,9,12H,10-11,15H2,1-3H3. The quantitative estimate of drug-likeness (QED) is 0.845. The van der Waals surface area contributed by atoms with Crippen molar-refractivity contribution in [3.63, 3.8) is 0 Å². The molecule has 19 heavy (non-hydrogen) atoms. The largest absolute Gasteiger partial charge is 0.320 e. The van der Waals surface area contributed by atoms with E-state index in [0.717, 1.165) is 0 Å². The van der Waals surface area contributed by atoms with Gasteiger partial charge in [-0.15, -0.1) is 0 Å². The molecular weight excluding hydrogens is 260 g/mol. The van der Waals surface area contributed by atoms with E-state index >= 15 is 0 Å². The summed E-state index contributed by atoms with van der Waals surface area (Å²) < 4.78 is 26.3. The summed E-state index contributed by atoms with van der Waals surface area (Å²) in [6, 6.07) is 6.73. The second kappa shape index (κ2) is 6.71. The molecule has 0 aromatic heterocycles. The maximum absolute atomic E-state index is 12.5. The van der Waals surface area contributed by atoms with Crippen molar-refractivity contribution in [2.24, 2.45) is 11.7 Å². The fourth-order valence-corrected chi connectivity index (χ4v) is 3.20. The zero-order valence-corrected chi connectivity index (χ0v) is 12.4. The summed E-state index contributed by atoms with van der Waals surface area (Å²) in [7, 11) is -1.92. The van der Waals surface area contributed by atoms with E-state index in [-0.39, 0.29) is 17.4 Å². The van der Waals surface area contributed by atoms with Gasteiger partial charge in [-0.3, -0.25) is 0 Å². The van der Waals surface area contributed by atoms with Crippen LogP contribution in [0.1, 0.15) is 19.4 Å². The lowest BCUT2D eigenvalue weighted by atomic mass is 10.2. The monoisotopic (exact) mass is 280 g/mol. The molecule has 0 bridgehead atoms. The van der Waals surface area contributed by atoms with Crippen LogP contribution in [0.2, 0.25) is 0 Å². The third-order valence-corrected chi connectivity index (χ3v) is 4.40. The Morgan fingerprint density at radius 2 is 1.95 bits per heavy atom. The van der Waals surface area contributed by atoms with Gasteiger partial charge in [0.25, 0.3) is 0 Å². The zero-order valence-electron chi connectivity index (χ0n) is 11.6. The maximum Gasteiger partial charge on any atom is 0.244 e. The molecule has 0 aliphatic rings. The smallest absolute Gasteiger partial charge is 0.244 e. The van der Waals surface area contributed by atoms with Crippen LogP contribution in [-0.2, 0) is 10.0 Å². The van der Waals surface area contributed by atoms with E-state index < -0.39 is 10.0 Å².